The number of ether oxygens (including phenoxy) is 2. The van der Waals surface area contributed by atoms with Crippen molar-refractivity contribution >= 4 is 18.0 Å². The maximum Gasteiger partial charge on any atom is 0.430 e. The third-order valence-corrected chi connectivity index (χ3v) is 4.58. The summed E-state index contributed by atoms with van der Waals surface area (Å²) >= 11 is 0. The van der Waals surface area contributed by atoms with Crippen molar-refractivity contribution in [1.82, 2.24) is 10.4 Å². The van der Waals surface area contributed by atoms with Crippen molar-refractivity contribution < 1.29 is 23.9 Å². The van der Waals surface area contributed by atoms with Gasteiger partial charge in [-0.25, -0.2) is 20.0 Å². The van der Waals surface area contributed by atoms with E-state index in [1.54, 1.807) is 59.8 Å². The number of ketones is 1. The number of nitrogens with one attached hydrogen (secondary N) is 1. The number of aryl methyl sites for hydroxylation is 1. The summed E-state index contributed by atoms with van der Waals surface area (Å²) in [5, 5.41) is 0.992. The van der Waals surface area contributed by atoms with Gasteiger partial charge in [0.05, 0.1) is 0 Å². The molecule has 0 saturated carbocycles. The minimum atomic E-state index is -1.37. The quantitative estimate of drug-likeness (QED) is 0.565. The first-order valence-corrected chi connectivity index (χ1v) is 10.1. The van der Waals surface area contributed by atoms with Crippen LogP contribution in [0.25, 0.3) is 0 Å². The molecule has 0 spiro atoms. The number of nitrogens with zero attached hydrogens (tertiary/aromatic N) is 1. The molecule has 30 heavy (non-hydrogen) atoms. The molecule has 1 aromatic carbocycles. The number of carbonyl (C=O) groups excluding carboxylic acids is 3. The number of hydrogen-bond acceptors (Lipinski definition) is 5. The Kier molecular flexibility index (Phi) is 6.64. The highest BCUT2D eigenvalue weighted by Gasteiger charge is 2.51. The SMILES string of the molecule is C=CC[C@@]1(N(NC(=O)OC(C)(C)C)C(=O)OC(C)(C)C)CCc2ccccc2C1=O. The molecule has 1 aliphatic rings. The lowest BCUT2D eigenvalue weighted by atomic mass is 9.74. The molecule has 1 N–H and O–H groups in total. The zero-order valence-corrected chi connectivity index (χ0v) is 18.7. The summed E-state index contributed by atoms with van der Waals surface area (Å²) < 4.78 is 10.9. The van der Waals surface area contributed by atoms with Crippen LogP contribution in [0.15, 0.2) is 36.9 Å². The minimum absolute atomic E-state index is 0.148. The number of hydrogen-bond donors (Lipinski definition) is 1. The molecule has 164 valence electrons. The minimum Gasteiger partial charge on any atom is -0.443 e. The highest BCUT2D eigenvalue weighted by Crippen LogP contribution is 2.36. The van der Waals surface area contributed by atoms with E-state index in [1.807, 2.05) is 12.1 Å². The van der Waals surface area contributed by atoms with Gasteiger partial charge in [-0.15, -0.1) is 6.58 Å². The highest BCUT2D eigenvalue weighted by atomic mass is 16.6. The van der Waals surface area contributed by atoms with Crippen LogP contribution in [-0.4, -0.2) is 39.7 Å². The standard InChI is InChI=1S/C23H32N2O5/c1-8-14-23(15-13-16-11-9-10-12-17(16)18(23)26)25(20(28)30-22(5,6)7)24-19(27)29-21(2,3)4/h8-12H,1,13-15H2,2-7H3,(H,24,27)/t23-/m1/s1. The second-order valence-corrected chi connectivity index (χ2v) is 9.44. The first-order valence-electron chi connectivity index (χ1n) is 10.1. The number of carbonyl (C=O) groups is 3. The fraction of sp³-hybridized carbons (Fsp3) is 0.522. The number of Topliss-reactive ketones (excluding diaryl/α,β-unsaturated/α-hetero) is 1. The zero-order valence-electron chi connectivity index (χ0n) is 18.7. The molecule has 0 unspecified atom stereocenters. The van der Waals surface area contributed by atoms with Crippen molar-refractivity contribution in [2.45, 2.75) is 77.5 Å². The Balaban J connectivity index is 2.51. The molecule has 0 fully saturated rings. The van der Waals surface area contributed by atoms with E-state index in [1.165, 1.54) is 0 Å². The highest BCUT2D eigenvalue weighted by molar-refractivity contribution is 6.07. The third kappa shape index (κ3) is 5.40. The van der Waals surface area contributed by atoms with E-state index in [9.17, 15) is 14.4 Å². The van der Waals surface area contributed by atoms with Gasteiger partial charge in [-0.2, -0.15) is 0 Å². The molecule has 0 bridgehead atoms. The molecule has 0 aromatic heterocycles. The van der Waals surface area contributed by atoms with Crippen molar-refractivity contribution in [3.63, 3.8) is 0 Å². The van der Waals surface area contributed by atoms with Crippen LogP contribution in [0.1, 0.15) is 70.3 Å². The Labute approximate surface area is 178 Å². The van der Waals surface area contributed by atoms with Gasteiger partial charge in [0.2, 0.25) is 0 Å². The summed E-state index contributed by atoms with van der Waals surface area (Å²) in [6.45, 7) is 14.1. The topological polar surface area (TPSA) is 84.9 Å². The normalized spacial score (nSPS) is 18.8. The summed E-state index contributed by atoms with van der Waals surface area (Å²) in [7, 11) is 0. The number of benzene rings is 1. The molecule has 0 radical (unpaired) electrons. The molecular formula is C23H32N2O5. The van der Waals surface area contributed by atoms with Gasteiger partial charge in [0.1, 0.15) is 16.7 Å². The maximum absolute atomic E-state index is 13.6. The molecule has 1 atom stereocenters. The average Bonchev–Trinajstić information content (AvgIpc) is 2.60. The lowest BCUT2D eigenvalue weighted by Crippen LogP contribution is -2.65. The van der Waals surface area contributed by atoms with Crippen molar-refractivity contribution in [1.29, 1.82) is 0 Å². The van der Waals surface area contributed by atoms with Crippen LogP contribution in [0.3, 0.4) is 0 Å². The Morgan fingerprint density at radius 1 is 1.13 bits per heavy atom. The predicted molar refractivity (Wildman–Crippen MR) is 114 cm³/mol. The Bertz CT molecular complexity index is 835. The van der Waals surface area contributed by atoms with Gasteiger partial charge in [0.15, 0.2) is 5.78 Å². The van der Waals surface area contributed by atoms with E-state index in [-0.39, 0.29) is 12.2 Å². The fourth-order valence-electron chi connectivity index (χ4n) is 3.43. The molecule has 2 rings (SSSR count). The van der Waals surface area contributed by atoms with Crippen LogP contribution in [-0.2, 0) is 15.9 Å². The van der Waals surface area contributed by atoms with Crippen LogP contribution < -0.4 is 5.43 Å². The fourth-order valence-corrected chi connectivity index (χ4v) is 3.43. The van der Waals surface area contributed by atoms with Gasteiger partial charge in [-0.05, 0) is 66.4 Å². The summed E-state index contributed by atoms with van der Waals surface area (Å²) in [6, 6.07) is 7.27. The molecule has 7 nitrogen and oxygen atoms in total. The Hall–Kier alpha value is -2.83. The summed E-state index contributed by atoms with van der Waals surface area (Å²) in [5.41, 5.74) is 0.938. The summed E-state index contributed by atoms with van der Waals surface area (Å²) in [5.74, 6) is -0.272. The lowest BCUT2D eigenvalue weighted by Gasteiger charge is -2.44. The second-order valence-electron chi connectivity index (χ2n) is 9.44. The molecule has 7 heteroatoms. The van der Waals surface area contributed by atoms with Crippen LogP contribution in [0.4, 0.5) is 9.59 Å². The van der Waals surface area contributed by atoms with E-state index >= 15 is 0 Å². The molecule has 1 aromatic rings. The Morgan fingerprint density at radius 2 is 1.73 bits per heavy atom. The Morgan fingerprint density at radius 3 is 2.30 bits per heavy atom. The third-order valence-electron chi connectivity index (χ3n) is 4.58. The number of rotatable bonds is 3. The first-order chi connectivity index (χ1) is 13.8. The van der Waals surface area contributed by atoms with E-state index in [0.29, 0.717) is 18.4 Å². The van der Waals surface area contributed by atoms with Crippen LogP contribution in [0, 0.1) is 0 Å². The van der Waals surface area contributed by atoms with Crippen molar-refractivity contribution in [3.8, 4) is 0 Å². The van der Waals surface area contributed by atoms with E-state index in [0.717, 1.165) is 10.6 Å². The van der Waals surface area contributed by atoms with Gasteiger partial charge in [0, 0.05) is 5.56 Å². The summed E-state index contributed by atoms with van der Waals surface area (Å²) in [6.07, 6.45) is 0.913. The maximum atomic E-state index is 13.6. The molecule has 0 heterocycles. The lowest BCUT2D eigenvalue weighted by molar-refractivity contribution is -0.0288. The number of amides is 2. The van der Waals surface area contributed by atoms with E-state index < -0.39 is 28.9 Å². The van der Waals surface area contributed by atoms with Crippen LogP contribution in [0.5, 0.6) is 0 Å². The molecule has 2 amide bonds. The molecule has 0 saturated heterocycles. The first kappa shape index (κ1) is 23.4. The van der Waals surface area contributed by atoms with E-state index in [2.05, 4.69) is 12.0 Å². The zero-order chi connectivity index (χ0) is 22.7. The average molecular weight is 417 g/mol. The van der Waals surface area contributed by atoms with Crippen molar-refractivity contribution in [2.75, 3.05) is 0 Å². The van der Waals surface area contributed by atoms with Gasteiger partial charge in [-0.3, -0.25) is 4.79 Å². The number of fused-ring (bicyclic) bond motifs is 1. The summed E-state index contributed by atoms with van der Waals surface area (Å²) in [4.78, 5) is 39.3. The second kappa shape index (κ2) is 8.50. The van der Waals surface area contributed by atoms with Gasteiger partial charge in [0.25, 0.3) is 0 Å². The molecule has 0 aliphatic heterocycles. The number of hydrazine groups is 1. The predicted octanol–water partition coefficient (Wildman–Crippen LogP) is 4.81. The molecule has 1 aliphatic carbocycles. The van der Waals surface area contributed by atoms with Gasteiger partial charge >= 0.3 is 12.2 Å². The van der Waals surface area contributed by atoms with E-state index in [4.69, 9.17) is 9.47 Å². The van der Waals surface area contributed by atoms with Crippen molar-refractivity contribution in [3.05, 3.63) is 48.0 Å². The van der Waals surface area contributed by atoms with Gasteiger partial charge < -0.3 is 9.47 Å². The monoisotopic (exact) mass is 416 g/mol. The van der Waals surface area contributed by atoms with Gasteiger partial charge in [-0.1, -0.05) is 30.3 Å². The smallest absolute Gasteiger partial charge is 0.430 e. The molecular weight excluding hydrogens is 384 g/mol. The van der Waals surface area contributed by atoms with Crippen molar-refractivity contribution in [2.24, 2.45) is 0 Å². The van der Waals surface area contributed by atoms with Crippen LogP contribution in [0.2, 0.25) is 0 Å². The largest absolute Gasteiger partial charge is 0.443 e. The van der Waals surface area contributed by atoms with Crippen LogP contribution >= 0.6 is 0 Å².